The summed E-state index contributed by atoms with van der Waals surface area (Å²) in [5.41, 5.74) is -0.755. The molecular weight excluding hydrogens is 380 g/mol. The minimum Gasteiger partial charge on any atom is -0.359 e. The molecule has 4 bridgehead atoms. The summed E-state index contributed by atoms with van der Waals surface area (Å²) in [4.78, 5) is 19.3. The van der Waals surface area contributed by atoms with Crippen LogP contribution < -0.4 is 10.6 Å². The third-order valence-corrected chi connectivity index (χ3v) is 6.61. The van der Waals surface area contributed by atoms with Gasteiger partial charge in [-0.05, 0) is 68.4 Å². The third kappa shape index (κ3) is 3.28. The van der Waals surface area contributed by atoms with Crippen LogP contribution >= 0.6 is 0 Å². The minimum absolute atomic E-state index is 0.131. The Bertz CT molecular complexity index is 948. The normalized spacial score (nSPS) is 29.7. The lowest BCUT2D eigenvalue weighted by Gasteiger charge is -2.57. The number of hydrogen-bond acceptors (Lipinski definition) is 6. The van der Waals surface area contributed by atoms with E-state index in [1.807, 2.05) is 0 Å². The van der Waals surface area contributed by atoms with E-state index in [0.29, 0.717) is 17.8 Å². The van der Waals surface area contributed by atoms with Gasteiger partial charge < -0.3 is 10.6 Å². The van der Waals surface area contributed by atoms with Crippen LogP contribution in [0.2, 0.25) is 0 Å². The highest BCUT2D eigenvalue weighted by atomic mass is 19.1. The van der Waals surface area contributed by atoms with Crippen LogP contribution in [0.25, 0.3) is 0 Å². The van der Waals surface area contributed by atoms with Gasteiger partial charge in [0, 0.05) is 11.6 Å². The highest BCUT2D eigenvalue weighted by Crippen LogP contribution is 2.57. The Morgan fingerprint density at radius 1 is 1.03 bits per heavy atom. The lowest BCUT2D eigenvalue weighted by Crippen LogP contribution is -2.55. The largest absolute Gasteiger partial charge is 0.359 e. The van der Waals surface area contributed by atoms with Crippen molar-refractivity contribution in [2.75, 3.05) is 10.6 Å². The van der Waals surface area contributed by atoms with Gasteiger partial charge >= 0.3 is 5.69 Å². The van der Waals surface area contributed by atoms with Gasteiger partial charge in [0.15, 0.2) is 0 Å². The van der Waals surface area contributed by atoms with Crippen LogP contribution in [0.4, 0.5) is 31.8 Å². The summed E-state index contributed by atoms with van der Waals surface area (Å²) >= 11 is 0. The predicted octanol–water partition coefficient (Wildman–Crippen LogP) is 4.79. The van der Waals surface area contributed by atoms with Crippen LogP contribution in [0, 0.1) is 39.5 Å². The summed E-state index contributed by atoms with van der Waals surface area (Å²) in [6.45, 7) is 0. The van der Waals surface area contributed by atoms with Crippen molar-refractivity contribution in [3.05, 3.63) is 46.3 Å². The third-order valence-electron chi connectivity index (χ3n) is 6.61. The number of nitro groups is 1. The number of nitrogens with one attached hydrogen (secondary N) is 2. The molecule has 0 atom stereocenters. The van der Waals surface area contributed by atoms with Gasteiger partial charge in [0.2, 0.25) is 11.6 Å². The monoisotopic (exact) mass is 401 g/mol. The zero-order valence-corrected chi connectivity index (χ0v) is 15.7. The molecule has 4 saturated carbocycles. The van der Waals surface area contributed by atoms with Crippen LogP contribution in [-0.4, -0.2) is 20.4 Å². The molecule has 0 aliphatic heterocycles. The molecule has 4 aliphatic carbocycles. The van der Waals surface area contributed by atoms with Crippen molar-refractivity contribution in [1.82, 2.24) is 9.97 Å². The average Bonchev–Trinajstić information content (AvgIpc) is 2.63. The second-order valence-electron chi connectivity index (χ2n) is 8.75. The number of aromatic nitrogens is 2. The second kappa shape index (κ2) is 6.60. The van der Waals surface area contributed by atoms with Gasteiger partial charge in [-0.2, -0.15) is 0 Å². The summed E-state index contributed by atoms with van der Waals surface area (Å²) in [7, 11) is 0. The van der Waals surface area contributed by atoms with E-state index in [-0.39, 0.29) is 28.5 Å². The molecule has 0 saturated heterocycles. The van der Waals surface area contributed by atoms with Gasteiger partial charge in [-0.25, -0.2) is 18.7 Å². The first-order valence-electron chi connectivity index (χ1n) is 9.90. The molecule has 1 aromatic heterocycles. The Hall–Kier alpha value is -2.84. The number of benzene rings is 1. The summed E-state index contributed by atoms with van der Waals surface area (Å²) in [5, 5.41) is 17.8. The first-order valence-corrected chi connectivity index (χ1v) is 9.90. The van der Waals surface area contributed by atoms with Gasteiger partial charge in [-0.3, -0.25) is 10.1 Å². The molecule has 1 aromatic carbocycles. The molecule has 4 fully saturated rings. The average molecular weight is 401 g/mol. The lowest BCUT2D eigenvalue weighted by molar-refractivity contribution is -0.383. The molecule has 6 rings (SSSR count). The SMILES string of the molecule is O=[N+]([O-])c1c(Nc2cc(F)ccc2F)ncnc1NC12CC3CC(CC(C3)C1)C2. The standard InChI is InChI=1S/C20H21F2N5O2/c21-14-1-2-15(22)16(6-14)25-18-17(27(28)29)19(24-10-23-18)26-20-7-11-3-12(8-20)5-13(4-11)9-20/h1-2,6,10-13H,3-5,7-9H2,(H2,23,24,25,26). The fourth-order valence-corrected chi connectivity index (χ4v) is 5.97. The summed E-state index contributed by atoms with van der Waals surface area (Å²) in [6, 6.07) is 2.88. The molecule has 29 heavy (non-hydrogen) atoms. The lowest BCUT2D eigenvalue weighted by atomic mass is 9.53. The first kappa shape index (κ1) is 18.2. The van der Waals surface area contributed by atoms with Crippen molar-refractivity contribution in [3.63, 3.8) is 0 Å². The van der Waals surface area contributed by atoms with Crippen LogP contribution in [0.1, 0.15) is 38.5 Å². The summed E-state index contributed by atoms with van der Waals surface area (Å²) < 4.78 is 27.5. The molecule has 0 amide bonds. The van der Waals surface area contributed by atoms with Gasteiger partial charge in [0.25, 0.3) is 0 Å². The molecule has 2 N–H and O–H groups in total. The number of rotatable bonds is 5. The molecule has 152 valence electrons. The molecular formula is C20H21F2N5O2. The maximum atomic E-state index is 14.0. The van der Waals surface area contributed by atoms with Crippen LogP contribution in [0.5, 0.6) is 0 Å². The van der Waals surface area contributed by atoms with Gasteiger partial charge in [-0.15, -0.1) is 0 Å². The smallest absolute Gasteiger partial charge is 0.353 e. The minimum atomic E-state index is -0.727. The van der Waals surface area contributed by atoms with E-state index in [1.54, 1.807) is 0 Å². The highest BCUT2D eigenvalue weighted by molar-refractivity contribution is 5.74. The maximum absolute atomic E-state index is 14.0. The number of hydrogen-bond donors (Lipinski definition) is 2. The zero-order chi connectivity index (χ0) is 20.2. The number of halogens is 2. The molecule has 4 aliphatic rings. The molecule has 7 nitrogen and oxygen atoms in total. The fraction of sp³-hybridized carbons (Fsp3) is 0.500. The van der Waals surface area contributed by atoms with Crippen LogP contribution in [-0.2, 0) is 0 Å². The molecule has 2 aromatic rings. The van der Waals surface area contributed by atoms with Crippen molar-refractivity contribution in [1.29, 1.82) is 0 Å². The van der Waals surface area contributed by atoms with E-state index < -0.39 is 16.6 Å². The molecule has 0 radical (unpaired) electrons. The Morgan fingerprint density at radius 2 is 1.66 bits per heavy atom. The van der Waals surface area contributed by atoms with Crippen molar-refractivity contribution >= 4 is 23.0 Å². The summed E-state index contributed by atoms with van der Waals surface area (Å²) in [5.74, 6) is 0.566. The second-order valence-corrected chi connectivity index (χ2v) is 8.75. The molecule has 0 spiro atoms. The topological polar surface area (TPSA) is 93.0 Å². The Labute approximate surface area is 166 Å². The van der Waals surface area contributed by atoms with Gasteiger partial charge in [0.1, 0.15) is 18.0 Å². The Balaban J connectivity index is 1.49. The molecule has 9 heteroatoms. The van der Waals surface area contributed by atoms with E-state index in [1.165, 1.54) is 25.6 Å². The van der Waals surface area contributed by atoms with Gasteiger partial charge in [-0.1, -0.05) is 0 Å². The van der Waals surface area contributed by atoms with E-state index in [9.17, 15) is 18.9 Å². The van der Waals surface area contributed by atoms with Crippen molar-refractivity contribution in [2.45, 2.75) is 44.1 Å². The van der Waals surface area contributed by atoms with E-state index in [0.717, 1.165) is 37.5 Å². The van der Waals surface area contributed by atoms with E-state index in [4.69, 9.17) is 0 Å². The van der Waals surface area contributed by atoms with Crippen LogP contribution in [0.3, 0.4) is 0 Å². The number of anilines is 3. The van der Waals surface area contributed by atoms with Crippen molar-refractivity contribution < 1.29 is 13.7 Å². The number of nitrogens with zero attached hydrogens (tertiary/aromatic N) is 3. The maximum Gasteiger partial charge on any atom is 0.353 e. The van der Waals surface area contributed by atoms with Crippen LogP contribution in [0.15, 0.2) is 24.5 Å². The van der Waals surface area contributed by atoms with Gasteiger partial charge in [0.05, 0.1) is 10.6 Å². The Kier molecular flexibility index (Phi) is 4.15. The zero-order valence-electron chi connectivity index (χ0n) is 15.7. The molecule has 0 unspecified atom stereocenters. The quantitative estimate of drug-likeness (QED) is 0.553. The predicted molar refractivity (Wildman–Crippen MR) is 103 cm³/mol. The fourth-order valence-electron chi connectivity index (χ4n) is 5.97. The summed E-state index contributed by atoms with van der Waals surface area (Å²) in [6.07, 6.45) is 7.91. The Morgan fingerprint density at radius 3 is 2.28 bits per heavy atom. The van der Waals surface area contributed by atoms with Crippen molar-refractivity contribution in [3.8, 4) is 0 Å². The van der Waals surface area contributed by atoms with E-state index in [2.05, 4.69) is 20.6 Å². The van der Waals surface area contributed by atoms with E-state index >= 15 is 0 Å². The molecule has 1 heterocycles. The highest BCUT2D eigenvalue weighted by Gasteiger charge is 2.51. The first-order chi connectivity index (χ1) is 13.9. The van der Waals surface area contributed by atoms with Crippen molar-refractivity contribution in [2.24, 2.45) is 17.8 Å².